The number of carboxylic acid groups (broad SMARTS) is 1. The lowest BCUT2D eigenvalue weighted by Gasteiger charge is -2.17. The summed E-state index contributed by atoms with van der Waals surface area (Å²) in [6.45, 7) is 8.56. The highest BCUT2D eigenvalue weighted by molar-refractivity contribution is 5.68. The largest absolute Gasteiger partial charge is 0.481 e. The third-order valence-electron chi connectivity index (χ3n) is 6.83. The molecular weight excluding hydrogens is 508 g/mol. The molecule has 5 rings (SSSR count). The van der Waals surface area contributed by atoms with Crippen LogP contribution in [0.3, 0.4) is 0 Å². The van der Waals surface area contributed by atoms with Crippen molar-refractivity contribution in [1.82, 2.24) is 19.7 Å². The van der Waals surface area contributed by atoms with Crippen molar-refractivity contribution in [3.63, 3.8) is 0 Å². The molecule has 4 heterocycles. The number of benzene rings is 1. The van der Waals surface area contributed by atoms with Gasteiger partial charge < -0.3 is 19.9 Å². The van der Waals surface area contributed by atoms with Crippen molar-refractivity contribution < 1.29 is 19.4 Å². The minimum absolute atomic E-state index is 0.0746. The van der Waals surface area contributed by atoms with E-state index in [0.717, 1.165) is 42.1 Å². The normalized spacial score (nSPS) is 13.0. The van der Waals surface area contributed by atoms with Gasteiger partial charge in [-0.3, -0.25) is 4.79 Å². The number of aryl methyl sites for hydroxylation is 1. The van der Waals surface area contributed by atoms with E-state index in [1.54, 1.807) is 29.1 Å². The molecule has 0 radical (unpaired) electrons. The van der Waals surface area contributed by atoms with Crippen LogP contribution in [0, 0.1) is 6.57 Å². The minimum Gasteiger partial charge on any atom is -0.481 e. The van der Waals surface area contributed by atoms with Crippen molar-refractivity contribution in [2.24, 2.45) is 0 Å². The fraction of sp³-hybridized carbons (Fsp3) is 0.300. The number of carbonyl (C=O) groups is 1. The van der Waals surface area contributed by atoms with E-state index in [2.05, 4.69) is 21.2 Å². The van der Waals surface area contributed by atoms with Crippen molar-refractivity contribution >= 4 is 17.5 Å². The summed E-state index contributed by atoms with van der Waals surface area (Å²) in [7, 11) is 1.54. The van der Waals surface area contributed by atoms with E-state index in [4.69, 9.17) is 26.1 Å². The molecule has 1 unspecified atom stereocenters. The molecule has 40 heavy (non-hydrogen) atoms. The van der Waals surface area contributed by atoms with E-state index >= 15 is 0 Å². The predicted octanol–water partition coefficient (Wildman–Crippen LogP) is 5.00. The Labute approximate surface area is 232 Å². The number of hydrogen-bond acceptors (Lipinski definition) is 7. The molecule has 1 atom stereocenters. The van der Waals surface area contributed by atoms with Crippen LogP contribution in [0.5, 0.6) is 11.8 Å². The number of hydrogen-bond donors (Lipinski definition) is 2. The van der Waals surface area contributed by atoms with Crippen LogP contribution >= 0.6 is 0 Å². The third kappa shape index (κ3) is 6.38. The summed E-state index contributed by atoms with van der Waals surface area (Å²) < 4.78 is 13.0. The molecule has 3 aromatic heterocycles. The summed E-state index contributed by atoms with van der Waals surface area (Å²) in [6, 6.07) is 16.7. The summed E-state index contributed by atoms with van der Waals surface area (Å²) in [5.74, 6) is 0.698. The molecule has 0 saturated heterocycles. The highest BCUT2D eigenvalue weighted by atomic mass is 16.5. The number of carboxylic acids is 1. The van der Waals surface area contributed by atoms with Gasteiger partial charge in [0.15, 0.2) is 5.69 Å². The average Bonchev–Trinajstić information content (AvgIpc) is 3.39. The van der Waals surface area contributed by atoms with E-state index < -0.39 is 5.97 Å². The van der Waals surface area contributed by atoms with E-state index in [1.807, 2.05) is 30.3 Å². The molecule has 0 bridgehead atoms. The summed E-state index contributed by atoms with van der Waals surface area (Å²) in [5.41, 5.74) is 4.92. The topological polar surface area (TPSA) is 116 Å². The zero-order chi connectivity index (χ0) is 27.9. The van der Waals surface area contributed by atoms with E-state index in [-0.39, 0.29) is 12.3 Å². The maximum Gasteiger partial charge on any atom is 0.303 e. The van der Waals surface area contributed by atoms with E-state index in [9.17, 15) is 9.90 Å². The number of fused-ring (bicyclic) bond motifs is 1. The highest BCUT2D eigenvalue weighted by Gasteiger charge is 2.21. The smallest absolute Gasteiger partial charge is 0.303 e. The predicted molar refractivity (Wildman–Crippen MR) is 150 cm³/mol. The second kappa shape index (κ2) is 12.3. The van der Waals surface area contributed by atoms with Crippen LogP contribution in [0.1, 0.15) is 41.3 Å². The molecule has 204 valence electrons. The molecule has 0 amide bonds. The Morgan fingerprint density at radius 3 is 2.75 bits per heavy atom. The van der Waals surface area contributed by atoms with Crippen molar-refractivity contribution in [2.75, 3.05) is 25.6 Å². The van der Waals surface area contributed by atoms with Crippen molar-refractivity contribution in [3.05, 3.63) is 94.7 Å². The van der Waals surface area contributed by atoms with Gasteiger partial charge in [0.2, 0.25) is 11.8 Å². The summed E-state index contributed by atoms with van der Waals surface area (Å²) in [4.78, 5) is 24.2. The lowest BCUT2D eigenvalue weighted by atomic mass is 9.92. The lowest BCUT2D eigenvalue weighted by Crippen LogP contribution is -2.14. The number of ether oxygens (including phenoxy) is 2. The van der Waals surface area contributed by atoms with Gasteiger partial charge in [0.25, 0.3) is 0 Å². The number of rotatable bonds is 11. The Morgan fingerprint density at radius 1 is 1.18 bits per heavy atom. The number of aromatic nitrogens is 4. The van der Waals surface area contributed by atoms with Gasteiger partial charge in [-0.2, -0.15) is 5.10 Å². The van der Waals surface area contributed by atoms with Gasteiger partial charge in [-0.15, -0.1) is 0 Å². The molecule has 1 aromatic carbocycles. The van der Waals surface area contributed by atoms with Crippen LogP contribution in [-0.4, -0.2) is 51.1 Å². The van der Waals surface area contributed by atoms with Gasteiger partial charge in [0, 0.05) is 42.9 Å². The Balaban J connectivity index is 1.38. The van der Waals surface area contributed by atoms with Gasteiger partial charge in [0.05, 0.1) is 38.1 Å². The zero-order valence-corrected chi connectivity index (χ0v) is 22.2. The summed E-state index contributed by atoms with van der Waals surface area (Å²) in [6.07, 6.45) is 4.71. The summed E-state index contributed by atoms with van der Waals surface area (Å²) >= 11 is 0. The molecule has 1 aliphatic rings. The quantitative estimate of drug-likeness (QED) is 0.256. The second-order valence-electron chi connectivity index (χ2n) is 9.59. The molecule has 0 aliphatic carbocycles. The highest BCUT2D eigenvalue weighted by Crippen LogP contribution is 2.29. The van der Waals surface area contributed by atoms with Gasteiger partial charge in [-0.05, 0) is 48.6 Å². The van der Waals surface area contributed by atoms with E-state index in [1.165, 1.54) is 12.7 Å². The fourth-order valence-electron chi connectivity index (χ4n) is 4.76. The Kier molecular flexibility index (Phi) is 8.21. The molecule has 0 saturated carbocycles. The van der Waals surface area contributed by atoms with E-state index in [0.29, 0.717) is 42.6 Å². The molecule has 10 heteroatoms. The Morgan fingerprint density at radius 2 is 2.02 bits per heavy atom. The van der Waals surface area contributed by atoms with Gasteiger partial charge in [-0.1, -0.05) is 24.3 Å². The maximum atomic E-state index is 11.7. The molecule has 0 fully saturated rings. The second-order valence-corrected chi connectivity index (χ2v) is 9.59. The first kappa shape index (κ1) is 26.7. The van der Waals surface area contributed by atoms with Gasteiger partial charge in [-0.25, -0.2) is 19.5 Å². The van der Waals surface area contributed by atoms with Gasteiger partial charge in [0.1, 0.15) is 5.82 Å². The monoisotopic (exact) mass is 538 g/mol. The number of methoxy groups -OCH3 is 1. The van der Waals surface area contributed by atoms with Crippen LogP contribution in [-0.2, 0) is 24.1 Å². The van der Waals surface area contributed by atoms with Crippen LogP contribution in [0.2, 0.25) is 0 Å². The van der Waals surface area contributed by atoms with Crippen LogP contribution in [0.4, 0.5) is 11.5 Å². The van der Waals surface area contributed by atoms with Crippen molar-refractivity contribution in [3.8, 4) is 17.4 Å². The number of nitrogens with one attached hydrogen (secondary N) is 1. The summed E-state index contributed by atoms with van der Waals surface area (Å²) in [5, 5.41) is 17.7. The molecule has 4 aromatic rings. The van der Waals surface area contributed by atoms with Crippen molar-refractivity contribution in [2.45, 2.75) is 38.0 Å². The zero-order valence-electron chi connectivity index (χ0n) is 22.2. The Bertz CT molecular complexity index is 1510. The minimum atomic E-state index is -0.904. The van der Waals surface area contributed by atoms with Crippen LogP contribution in [0.15, 0.2) is 60.8 Å². The first-order valence-electron chi connectivity index (χ1n) is 13.2. The number of pyridine rings is 2. The fourth-order valence-corrected chi connectivity index (χ4v) is 4.76. The number of aliphatic carboxylic acids is 1. The first-order chi connectivity index (χ1) is 19.5. The van der Waals surface area contributed by atoms with Crippen LogP contribution in [0.25, 0.3) is 10.5 Å². The standard InChI is InChI=1S/C30H30N6O4/c1-31-23-8-10-26(11-9-23)36-28(40-15-13-24-7-5-20-4-3-14-32-30(20)34-24)18-25(35-36)16-22(17-29(37)38)21-6-12-27(39-2)33-19-21/h5-12,18-19,22H,3-4,13-17H2,2H3,(H,32,34)(H,37,38). The molecule has 0 spiro atoms. The first-order valence-corrected chi connectivity index (χ1v) is 13.2. The third-order valence-corrected chi connectivity index (χ3v) is 6.83. The van der Waals surface area contributed by atoms with Gasteiger partial charge >= 0.3 is 5.97 Å². The number of anilines is 1. The van der Waals surface area contributed by atoms with Crippen LogP contribution < -0.4 is 14.8 Å². The SMILES string of the molecule is [C-]#[N+]c1ccc(-n2nc(CC(CC(=O)O)c3ccc(OC)nc3)cc2OCCc2ccc3c(n2)NCCC3)cc1. The lowest BCUT2D eigenvalue weighted by molar-refractivity contribution is -0.137. The Hall–Kier alpha value is -4.91. The maximum absolute atomic E-state index is 11.7. The molecule has 2 N–H and O–H groups in total. The van der Waals surface area contributed by atoms with Crippen molar-refractivity contribution in [1.29, 1.82) is 0 Å². The molecule has 1 aliphatic heterocycles. The number of nitrogens with zero attached hydrogens (tertiary/aromatic N) is 5. The molecular formula is C30H30N6O4. The average molecular weight is 539 g/mol. The molecule has 10 nitrogen and oxygen atoms in total.